The molecule has 0 saturated heterocycles. The summed E-state index contributed by atoms with van der Waals surface area (Å²) in [5, 5.41) is 4.60. The van der Waals surface area contributed by atoms with Gasteiger partial charge in [-0.2, -0.15) is 0 Å². The number of thiophene rings is 1. The van der Waals surface area contributed by atoms with Crippen molar-refractivity contribution >= 4 is 53.4 Å². The summed E-state index contributed by atoms with van der Waals surface area (Å²) in [5.41, 5.74) is 9.73. The van der Waals surface area contributed by atoms with Crippen LogP contribution in [-0.4, -0.2) is 19.9 Å². The number of benzene rings is 8. The summed E-state index contributed by atoms with van der Waals surface area (Å²) in [6, 6.07) is 62.8. The third-order valence-electron chi connectivity index (χ3n) is 10.3. The van der Waals surface area contributed by atoms with Crippen molar-refractivity contribution in [2.75, 3.05) is 0 Å². The molecule has 0 aliphatic carbocycles. The molecule has 56 heavy (non-hydrogen) atoms. The van der Waals surface area contributed by atoms with Crippen LogP contribution in [0.4, 0.5) is 0 Å². The minimum absolute atomic E-state index is 0.612. The molecule has 0 aliphatic rings. The normalized spacial score (nSPS) is 11.6. The molecule has 0 saturated carbocycles. The smallest absolute Gasteiger partial charge is 0.227 e. The first-order chi connectivity index (χ1) is 27.7. The first kappa shape index (κ1) is 32.2. The van der Waals surface area contributed by atoms with Crippen molar-refractivity contribution in [3.63, 3.8) is 0 Å². The molecule has 0 radical (unpaired) electrons. The van der Waals surface area contributed by atoms with E-state index in [-0.39, 0.29) is 0 Å². The number of hydrogen-bond donors (Lipinski definition) is 0. The van der Waals surface area contributed by atoms with Gasteiger partial charge in [0.15, 0.2) is 23.1 Å². The lowest BCUT2D eigenvalue weighted by Crippen LogP contribution is -2.00. The predicted octanol–water partition coefficient (Wildman–Crippen LogP) is 13.5. The Morgan fingerprint density at radius 2 is 0.946 bits per heavy atom. The van der Waals surface area contributed by atoms with E-state index in [1.54, 1.807) is 11.3 Å². The first-order valence-electron chi connectivity index (χ1n) is 18.5. The molecular formula is C50H30N4OS. The van der Waals surface area contributed by atoms with Crippen molar-refractivity contribution in [3.8, 4) is 67.9 Å². The Bertz CT molecular complexity index is 3250. The van der Waals surface area contributed by atoms with Gasteiger partial charge in [0.05, 0.1) is 0 Å². The van der Waals surface area contributed by atoms with Crippen molar-refractivity contribution in [2.45, 2.75) is 0 Å². The summed E-state index contributed by atoms with van der Waals surface area (Å²) in [6.07, 6.45) is 0. The molecular weight excluding hydrogens is 705 g/mol. The van der Waals surface area contributed by atoms with E-state index >= 15 is 0 Å². The number of nitrogens with zero attached hydrogens (tertiary/aromatic N) is 4. The Morgan fingerprint density at radius 3 is 1.70 bits per heavy atom. The molecule has 11 aromatic rings. The fraction of sp³-hybridized carbons (Fsp3) is 0. The van der Waals surface area contributed by atoms with E-state index in [4.69, 9.17) is 24.4 Å². The average molecular weight is 735 g/mol. The monoisotopic (exact) mass is 734 g/mol. The highest BCUT2D eigenvalue weighted by molar-refractivity contribution is 7.26. The SMILES string of the molecule is c1ccc(-c2cccc(-c3nc(-c4ccccc4)nc(-c4ccc5ccc(-c6c7nc(-c8ccccc8)oc7cc7sc8ccccc8c67)cc5c4)n3)c2)cc1. The number of aromatic nitrogens is 4. The zero-order chi connectivity index (χ0) is 37.0. The number of hydrogen-bond acceptors (Lipinski definition) is 6. The fourth-order valence-corrected chi connectivity index (χ4v) is 8.76. The van der Waals surface area contributed by atoms with E-state index in [2.05, 4.69) is 115 Å². The summed E-state index contributed by atoms with van der Waals surface area (Å²) >= 11 is 1.78. The van der Waals surface area contributed by atoms with Crippen molar-refractivity contribution in [1.29, 1.82) is 0 Å². The zero-order valence-corrected chi connectivity index (χ0v) is 30.7. The van der Waals surface area contributed by atoms with Crippen LogP contribution in [0.3, 0.4) is 0 Å². The number of oxazole rings is 1. The van der Waals surface area contributed by atoms with Crippen molar-refractivity contribution < 1.29 is 4.42 Å². The van der Waals surface area contributed by atoms with Crippen LogP contribution in [0.2, 0.25) is 0 Å². The van der Waals surface area contributed by atoms with Gasteiger partial charge in [-0.05, 0) is 63.9 Å². The summed E-state index contributed by atoms with van der Waals surface area (Å²) < 4.78 is 8.89. The first-order valence-corrected chi connectivity index (χ1v) is 19.4. The van der Waals surface area contributed by atoms with Crippen LogP contribution in [0.25, 0.3) is 110 Å². The standard InChI is InChI=1S/C50H30N4OS/c1-4-13-31(14-5-1)35-19-12-20-37(27-35)48-52-47(33-15-6-2-7-16-33)53-49(54-48)38-26-24-32-23-25-36(28-39(32)29-38)44-45-40-21-10-11-22-42(40)56-43(45)30-41-46(44)51-50(55-41)34-17-8-3-9-18-34/h1-30H. The number of rotatable bonds is 6. The van der Waals surface area contributed by atoms with Gasteiger partial charge >= 0.3 is 0 Å². The van der Waals surface area contributed by atoms with Gasteiger partial charge in [-0.3, -0.25) is 0 Å². The molecule has 0 spiro atoms. The molecule has 8 aromatic carbocycles. The minimum Gasteiger partial charge on any atom is -0.436 e. The molecule has 3 heterocycles. The van der Waals surface area contributed by atoms with Crippen LogP contribution in [0.5, 0.6) is 0 Å². The van der Waals surface area contributed by atoms with Crippen LogP contribution in [0.1, 0.15) is 0 Å². The topological polar surface area (TPSA) is 64.7 Å². The lowest BCUT2D eigenvalue weighted by molar-refractivity contribution is 0.620. The highest BCUT2D eigenvalue weighted by Crippen LogP contribution is 2.45. The highest BCUT2D eigenvalue weighted by Gasteiger charge is 2.21. The molecule has 3 aromatic heterocycles. The maximum atomic E-state index is 6.49. The highest BCUT2D eigenvalue weighted by atomic mass is 32.1. The molecule has 5 nitrogen and oxygen atoms in total. The van der Waals surface area contributed by atoms with E-state index in [0.717, 1.165) is 66.4 Å². The summed E-state index contributed by atoms with van der Waals surface area (Å²) in [5.74, 6) is 2.48. The van der Waals surface area contributed by atoms with Gasteiger partial charge in [0.2, 0.25) is 5.89 Å². The maximum Gasteiger partial charge on any atom is 0.227 e. The van der Waals surface area contributed by atoms with Gasteiger partial charge in [-0.1, -0.05) is 140 Å². The molecule has 6 heteroatoms. The van der Waals surface area contributed by atoms with Gasteiger partial charge < -0.3 is 4.42 Å². The second kappa shape index (κ2) is 13.2. The van der Waals surface area contributed by atoms with Crippen LogP contribution in [0.15, 0.2) is 186 Å². The van der Waals surface area contributed by atoms with Crippen molar-refractivity contribution in [1.82, 2.24) is 19.9 Å². The van der Waals surface area contributed by atoms with E-state index in [0.29, 0.717) is 23.4 Å². The lowest BCUT2D eigenvalue weighted by Gasteiger charge is -2.11. The summed E-state index contributed by atoms with van der Waals surface area (Å²) in [4.78, 5) is 20.4. The van der Waals surface area contributed by atoms with Gasteiger partial charge in [-0.25, -0.2) is 19.9 Å². The second-order valence-corrected chi connectivity index (χ2v) is 14.9. The molecule has 0 amide bonds. The molecule has 11 rings (SSSR count). The Hall–Kier alpha value is -7.28. The van der Waals surface area contributed by atoms with Crippen LogP contribution in [-0.2, 0) is 0 Å². The lowest BCUT2D eigenvalue weighted by atomic mass is 9.95. The molecule has 0 bridgehead atoms. The Labute approximate surface area is 326 Å². The van der Waals surface area contributed by atoms with E-state index in [1.165, 1.54) is 20.2 Å². The fourth-order valence-electron chi connectivity index (χ4n) is 7.62. The molecule has 262 valence electrons. The van der Waals surface area contributed by atoms with Gasteiger partial charge in [0.1, 0.15) is 5.52 Å². The molecule has 0 atom stereocenters. The number of fused-ring (bicyclic) bond motifs is 5. The van der Waals surface area contributed by atoms with E-state index in [1.807, 2.05) is 66.7 Å². The third kappa shape index (κ3) is 5.63. The van der Waals surface area contributed by atoms with Crippen molar-refractivity contribution in [3.05, 3.63) is 182 Å². The predicted molar refractivity (Wildman–Crippen MR) is 230 cm³/mol. The third-order valence-corrected chi connectivity index (χ3v) is 11.4. The van der Waals surface area contributed by atoms with Crippen LogP contribution >= 0.6 is 11.3 Å². The second-order valence-electron chi connectivity index (χ2n) is 13.9. The largest absolute Gasteiger partial charge is 0.436 e. The molecule has 0 aliphatic heterocycles. The average Bonchev–Trinajstić information content (AvgIpc) is 3.87. The van der Waals surface area contributed by atoms with Gasteiger partial charge in [0, 0.05) is 54.1 Å². The molecule has 0 N–H and O–H groups in total. The molecule has 0 unspecified atom stereocenters. The minimum atomic E-state index is 0.612. The zero-order valence-electron chi connectivity index (χ0n) is 29.9. The summed E-state index contributed by atoms with van der Waals surface area (Å²) in [7, 11) is 0. The maximum absolute atomic E-state index is 6.49. The van der Waals surface area contributed by atoms with Crippen molar-refractivity contribution in [2.24, 2.45) is 0 Å². The van der Waals surface area contributed by atoms with Gasteiger partial charge in [-0.15, -0.1) is 11.3 Å². The van der Waals surface area contributed by atoms with Crippen LogP contribution < -0.4 is 0 Å². The Kier molecular flexibility index (Phi) is 7.60. The Morgan fingerprint density at radius 1 is 0.375 bits per heavy atom. The quantitative estimate of drug-likeness (QED) is 0.170. The molecule has 0 fully saturated rings. The van der Waals surface area contributed by atoms with Gasteiger partial charge in [0.25, 0.3) is 0 Å². The Balaban J connectivity index is 1.09. The van der Waals surface area contributed by atoms with E-state index < -0.39 is 0 Å². The summed E-state index contributed by atoms with van der Waals surface area (Å²) in [6.45, 7) is 0. The van der Waals surface area contributed by atoms with E-state index in [9.17, 15) is 0 Å². The van der Waals surface area contributed by atoms with Crippen LogP contribution in [0, 0.1) is 0 Å².